The largest absolute Gasteiger partial charge is 0.402 e. The minimum absolute atomic E-state index is 0.0183. The Balaban J connectivity index is 2.28. The quantitative estimate of drug-likeness (QED) is 0.229. The van der Waals surface area contributed by atoms with Crippen LogP contribution in [0.2, 0.25) is 15.1 Å². The minimum Gasteiger partial charge on any atom is -0.349 e. The number of halogens is 9. The van der Waals surface area contributed by atoms with E-state index in [4.69, 9.17) is 34.8 Å². The van der Waals surface area contributed by atoms with Gasteiger partial charge in [0.25, 0.3) is 11.8 Å². The van der Waals surface area contributed by atoms with Gasteiger partial charge in [0.1, 0.15) is 11.6 Å². The summed E-state index contributed by atoms with van der Waals surface area (Å²) >= 11 is 17.7. The lowest BCUT2D eigenvalue weighted by Crippen LogP contribution is -2.40. The number of hydrogen-bond donors (Lipinski definition) is 1. The van der Waals surface area contributed by atoms with Gasteiger partial charge in [0.05, 0.1) is 26.7 Å². The summed E-state index contributed by atoms with van der Waals surface area (Å²) in [6.45, 7) is 3.23. The maximum Gasteiger partial charge on any atom is 0.402 e. The molecule has 38 heavy (non-hydrogen) atoms. The number of carbonyl (C=O) groups is 1. The highest BCUT2D eigenvalue weighted by molar-refractivity contribution is 7.91. The smallest absolute Gasteiger partial charge is 0.349 e. The predicted octanol–water partition coefficient (Wildman–Crippen LogP) is 7.80. The van der Waals surface area contributed by atoms with E-state index in [0.29, 0.717) is 13.0 Å². The Morgan fingerprint density at radius 2 is 1.61 bits per heavy atom. The van der Waals surface area contributed by atoms with Crippen molar-refractivity contribution in [3.05, 3.63) is 73.7 Å². The van der Waals surface area contributed by atoms with Crippen molar-refractivity contribution in [1.82, 2.24) is 5.32 Å². The maximum absolute atomic E-state index is 15.1. The molecule has 2 aromatic carbocycles. The molecule has 0 saturated carbocycles. The normalized spacial score (nSPS) is 14.8. The molecular formula is C24H22Cl3F6NO3S. The van der Waals surface area contributed by atoms with Gasteiger partial charge in [-0.2, -0.15) is 13.2 Å². The summed E-state index contributed by atoms with van der Waals surface area (Å²) in [6.07, 6.45) is -4.24. The van der Waals surface area contributed by atoms with Crippen LogP contribution in [0.3, 0.4) is 0 Å². The second kappa shape index (κ2) is 12.1. The first-order valence-electron chi connectivity index (χ1n) is 10.8. The molecule has 0 aliphatic rings. The Bertz CT molecular complexity index is 1320. The van der Waals surface area contributed by atoms with Gasteiger partial charge in [0, 0.05) is 24.1 Å². The van der Waals surface area contributed by atoms with Crippen LogP contribution in [-0.2, 0) is 9.84 Å². The van der Waals surface area contributed by atoms with Crippen molar-refractivity contribution in [3.8, 4) is 0 Å². The zero-order valence-corrected chi connectivity index (χ0v) is 23.2. The van der Waals surface area contributed by atoms with Crippen molar-refractivity contribution in [2.75, 3.05) is 11.5 Å². The Labute approximate surface area is 230 Å². The molecule has 0 heterocycles. The van der Waals surface area contributed by atoms with Crippen LogP contribution < -0.4 is 5.32 Å². The first kappa shape index (κ1) is 32.3. The molecular weight excluding hydrogens is 603 g/mol. The summed E-state index contributed by atoms with van der Waals surface area (Å²) < 4.78 is 105. The molecule has 4 nitrogen and oxygen atoms in total. The standard InChI is InChI=1S/C24H22Cl3F6NO3S/c1-12-6-14(4-5-16(12)22(35)34-13(2)10-38(36,37)11-24(31,32)33)20(28)9-17(23(3,29)30)15-7-18(25)21(27)19(26)8-15/h4-9,13,17H,10-11H2,1-3H3,(H,34,35)/b20-9-. The number of aryl methyl sites for hydroxylation is 1. The molecule has 1 amide bonds. The fraction of sp³-hybridized carbons (Fsp3) is 0.375. The Hall–Kier alpha value is -1.95. The lowest BCUT2D eigenvalue weighted by Gasteiger charge is -2.22. The molecule has 0 bridgehead atoms. The second-order valence-corrected chi connectivity index (χ2v) is 12.1. The average Bonchev–Trinajstić information content (AvgIpc) is 2.71. The molecule has 0 aliphatic heterocycles. The summed E-state index contributed by atoms with van der Waals surface area (Å²) in [5, 5.41) is 2.06. The summed E-state index contributed by atoms with van der Waals surface area (Å²) in [4.78, 5) is 12.5. The van der Waals surface area contributed by atoms with Crippen molar-refractivity contribution in [3.63, 3.8) is 0 Å². The molecule has 210 valence electrons. The molecule has 0 spiro atoms. The van der Waals surface area contributed by atoms with E-state index < -0.39 is 57.1 Å². The van der Waals surface area contributed by atoms with Gasteiger partial charge in [-0.05, 0) is 55.3 Å². The number of alkyl halides is 5. The van der Waals surface area contributed by atoms with Gasteiger partial charge in [0.2, 0.25) is 0 Å². The second-order valence-electron chi connectivity index (χ2n) is 8.82. The van der Waals surface area contributed by atoms with Crippen LogP contribution in [0, 0.1) is 6.92 Å². The van der Waals surface area contributed by atoms with E-state index >= 15 is 4.39 Å². The number of hydrogen-bond acceptors (Lipinski definition) is 3. The van der Waals surface area contributed by atoms with Crippen LogP contribution in [-0.4, -0.2) is 44.0 Å². The first-order valence-corrected chi connectivity index (χ1v) is 13.7. The Morgan fingerprint density at radius 3 is 2.08 bits per heavy atom. The van der Waals surface area contributed by atoms with Gasteiger partial charge in [-0.15, -0.1) is 0 Å². The molecule has 0 radical (unpaired) electrons. The number of benzene rings is 2. The van der Waals surface area contributed by atoms with Gasteiger partial charge in [-0.1, -0.05) is 40.9 Å². The zero-order valence-electron chi connectivity index (χ0n) is 20.1. The number of sulfone groups is 1. The zero-order chi connectivity index (χ0) is 29.2. The lowest BCUT2D eigenvalue weighted by atomic mass is 9.91. The van der Waals surface area contributed by atoms with E-state index in [1.807, 2.05) is 0 Å². The van der Waals surface area contributed by atoms with Crippen molar-refractivity contribution in [2.24, 2.45) is 0 Å². The molecule has 0 aromatic heterocycles. The van der Waals surface area contributed by atoms with Crippen LogP contribution in [0.25, 0.3) is 5.83 Å². The molecule has 2 rings (SSSR count). The van der Waals surface area contributed by atoms with E-state index in [9.17, 15) is 35.2 Å². The van der Waals surface area contributed by atoms with E-state index in [1.54, 1.807) is 0 Å². The van der Waals surface area contributed by atoms with E-state index in [2.05, 4.69) is 5.32 Å². The van der Waals surface area contributed by atoms with E-state index in [0.717, 1.165) is 18.2 Å². The number of allylic oxidation sites excluding steroid dienone is 1. The number of carbonyl (C=O) groups excluding carboxylic acids is 1. The number of amides is 1. The minimum atomic E-state index is -4.92. The Morgan fingerprint density at radius 1 is 1.05 bits per heavy atom. The van der Waals surface area contributed by atoms with Gasteiger partial charge in [-0.3, -0.25) is 4.79 Å². The maximum atomic E-state index is 15.1. The third kappa shape index (κ3) is 9.07. The molecule has 2 aromatic rings. The topological polar surface area (TPSA) is 63.2 Å². The van der Waals surface area contributed by atoms with Crippen LogP contribution in [0.4, 0.5) is 26.3 Å². The predicted molar refractivity (Wildman–Crippen MR) is 137 cm³/mol. The van der Waals surface area contributed by atoms with E-state index in [1.165, 1.54) is 26.0 Å². The van der Waals surface area contributed by atoms with Crippen LogP contribution in [0.5, 0.6) is 0 Å². The summed E-state index contributed by atoms with van der Waals surface area (Å²) in [6, 6.07) is 4.67. The van der Waals surface area contributed by atoms with Crippen LogP contribution in [0.15, 0.2) is 36.4 Å². The monoisotopic (exact) mass is 623 g/mol. The van der Waals surface area contributed by atoms with Crippen molar-refractivity contribution < 1.29 is 39.6 Å². The van der Waals surface area contributed by atoms with Gasteiger partial charge in [-0.25, -0.2) is 21.6 Å². The number of nitrogens with one attached hydrogen (secondary N) is 1. The summed E-state index contributed by atoms with van der Waals surface area (Å²) in [7, 11) is -4.53. The van der Waals surface area contributed by atoms with Crippen LogP contribution in [0.1, 0.15) is 46.8 Å². The van der Waals surface area contributed by atoms with Crippen molar-refractivity contribution >= 4 is 56.4 Å². The highest BCUT2D eigenvalue weighted by Gasteiger charge is 2.36. The van der Waals surface area contributed by atoms with E-state index in [-0.39, 0.29) is 37.3 Å². The van der Waals surface area contributed by atoms with Crippen molar-refractivity contribution in [2.45, 2.75) is 44.8 Å². The fourth-order valence-electron chi connectivity index (χ4n) is 3.63. The van der Waals surface area contributed by atoms with Gasteiger partial charge < -0.3 is 5.32 Å². The lowest BCUT2D eigenvalue weighted by molar-refractivity contribution is -0.106. The third-order valence-corrected chi connectivity index (χ3v) is 8.21. The number of rotatable bonds is 9. The molecule has 0 fully saturated rings. The molecule has 1 N–H and O–H groups in total. The SMILES string of the molecule is Cc1cc(/C(F)=C/C(c2cc(Cl)c(Cl)c(Cl)c2)C(C)(F)F)ccc1C(=O)NC(C)CS(=O)(=O)CC(F)(F)F. The molecule has 0 aliphatic carbocycles. The molecule has 0 saturated heterocycles. The van der Waals surface area contributed by atoms with Gasteiger partial charge in [0.15, 0.2) is 9.84 Å². The summed E-state index contributed by atoms with van der Waals surface area (Å²) in [5.74, 6) is -10.0. The van der Waals surface area contributed by atoms with Crippen molar-refractivity contribution in [1.29, 1.82) is 0 Å². The van der Waals surface area contributed by atoms with Gasteiger partial charge >= 0.3 is 6.18 Å². The Kier molecular flexibility index (Phi) is 10.2. The summed E-state index contributed by atoms with van der Waals surface area (Å²) in [5.41, 5.74) is -0.0453. The fourth-order valence-corrected chi connectivity index (χ4v) is 5.71. The molecule has 2 atom stereocenters. The van der Waals surface area contributed by atoms with Crippen LogP contribution >= 0.6 is 34.8 Å². The first-order chi connectivity index (χ1) is 17.2. The highest BCUT2D eigenvalue weighted by Crippen LogP contribution is 2.41. The average molecular weight is 625 g/mol. The highest BCUT2D eigenvalue weighted by atomic mass is 35.5. The third-order valence-electron chi connectivity index (χ3n) is 5.24. The molecule has 2 unspecified atom stereocenters. The molecule has 14 heteroatoms.